The molecule has 1 heterocycles. The summed E-state index contributed by atoms with van der Waals surface area (Å²) in [5, 5.41) is 2.88. The lowest BCUT2D eigenvalue weighted by Gasteiger charge is -2.22. The molecule has 0 spiro atoms. The quantitative estimate of drug-likeness (QED) is 0.928. The summed E-state index contributed by atoms with van der Waals surface area (Å²) in [6.45, 7) is -0.0543. The van der Waals surface area contributed by atoms with Gasteiger partial charge in [-0.2, -0.15) is 13.2 Å². The van der Waals surface area contributed by atoms with E-state index in [2.05, 4.69) is 5.32 Å². The van der Waals surface area contributed by atoms with E-state index in [1.807, 2.05) is 0 Å². The molecule has 0 unspecified atom stereocenters. The molecule has 0 radical (unpaired) electrons. The standard InChI is InChI=1S/C15H19F3N2O2/c16-15(17,18)11-6-7-14(22)20(10-11)9-8-13(21)19-12-4-2-1-3-5-12/h6-7,10,12H,1-5,8-9H2,(H,19,21). The van der Waals surface area contributed by atoms with Gasteiger partial charge in [0.1, 0.15) is 0 Å². The lowest BCUT2D eigenvalue weighted by Crippen LogP contribution is -2.37. The van der Waals surface area contributed by atoms with Crippen molar-refractivity contribution in [3.05, 3.63) is 34.2 Å². The van der Waals surface area contributed by atoms with Gasteiger partial charge in [0.25, 0.3) is 5.56 Å². The number of nitrogens with zero attached hydrogens (tertiary/aromatic N) is 1. The molecule has 1 aliphatic rings. The fraction of sp³-hybridized carbons (Fsp3) is 0.600. The van der Waals surface area contributed by atoms with E-state index in [4.69, 9.17) is 0 Å². The van der Waals surface area contributed by atoms with Gasteiger partial charge in [-0.25, -0.2) is 0 Å². The van der Waals surface area contributed by atoms with Crippen LogP contribution in [0.5, 0.6) is 0 Å². The molecule has 0 aromatic carbocycles. The average molecular weight is 316 g/mol. The number of amides is 1. The Hall–Kier alpha value is -1.79. The Morgan fingerprint density at radius 1 is 1.23 bits per heavy atom. The van der Waals surface area contributed by atoms with Gasteiger partial charge >= 0.3 is 6.18 Å². The molecule has 2 rings (SSSR count). The zero-order chi connectivity index (χ0) is 16.2. The van der Waals surface area contributed by atoms with Gasteiger partial charge in [-0.1, -0.05) is 19.3 Å². The number of halogens is 3. The number of carbonyl (C=O) groups excluding carboxylic acids is 1. The highest BCUT2D eigenvalue weighted by Gasteiger charge is 2.31. The lowest BCUT2D eigenvalue weighted by atomic mass is 9.95. The first-order valence-electron chi connectivity index (χ1n) is 7.43. The number of alkyl halides is 3. The van der Waals surface area contributed by atoms with Crippen LogP contribution in [0.2, 0.25) is 0 Å². The minimum atomic E-state index is -4.50. The Morgan fingerprint density at radius 3 is 2.55 bits per heavy atom. The first kappa shape index (κ1) is 16.6. The van der Waals surface area contributed by atoms with Gasteiger partial charge in [0.15, 0.2) is 0 Å². The Bertz CT molecular complexity index is 575. The predicted molar refractivity (Wildman–Crippen MR) is 75.3 cm³/mol. The molecule has 0 bridgehead atoms. The van der Waals surface area contributed by atoms with Crippen molar-refractivity contribution in [2.45, 2.75) is 57.3 Å². The van der Waals surface area contributed by atoms with E-state index in [0.29, 0.717) is 0 Å². The summed E-state index contributed by atoms with van der Waals surface area (Å²) in [4.78, 5) is 23.4. The highest BCUT2D eigenvalue weighted by atomic mass is 19.4. The molecular formula is C15H19F3N2O2. The molecule has 7 heteroatoms. The third-order valence-electron chi connectivity index (χ3n) is 3.86. The maximum atomic E-state index is 12.6. The maximum absolute atomic E-state index is 12.6. The number of pyridine rings is 1. The summed E-state index contributed by atoms with van der Waals surface area (Å²) < 4.78 is 38.8. The molecule has 0 atom stereocenters. The van der Waals surface area contributed by atoms with Crippen molar-refractivity contribution in [2.24, 2.45) is 0 Å². The zero-order valence-electron chi connectivity index (χ0n) is 12.2. The van der Waals surface area contributed by atoms with Crippen molar-refractivity contribution in [1.29, 1.82) is 0 Å². The molecule has 1 aliphatic carbocycles. The van der Waals surface area contributed by atoms with E-state index in [1.54, 1.807) is 0 Å². The van der Waals surface area contributed by atoms with E-state index in [9.17, 15) is 22.8 Å². The summed E-state index contributed by atoms with van der Waals surface area (Å²) >= 11 is 0. The highest BCUT2D eigenvalue weighted by Crippen LogP contribution is 2.28. The first-order valence-corrected chi connectivity index (χ1v) is 7.43. The van der Waals surface area contributed by atoms with E-state index in [0.717, 1.165) is 48.6 Å². The molecule has 1 fully saturated rings. The van der Waals surface area contributed by atoms with Crippen LogP contribution in [0.1, 0.15) is 44.1 Å². The third kappa shape index (κ3) is 4.61. The Balaban J connectivity index is 1.93. The maximum Gasteiger partial charge on any atom is 0.417 e. The number of nitrogens with one attached hydrogen (secondary N) is 1. The molecular weight excluding hydrogens is 297 g/mol. The summed E-state index contributed by atoms with van der Waals surface area (Å²) in [5.74, 6) is -0.226. The van der Waals surface area contributed by atoms with Gasteiger partial charge in [0.2, 0.25) is 5.91 Å². The second-order valence-corrected chi connectivity index (χ2v) is 5.60. The van der Waals surface area contributed by atoms with Gasteiger partial charge in [0, 0.05) is 31.3 Å². The molecule has 122 valence electrons. The number of aromatic nitrogens is 1. The van der Waals surface area contributed by atoms with Crippen LogP contribution in [0.25, 0.3) is 0 Å². The van der Waals surface area contributed by atoms with Crippen LogP contribution >= 0.6 is 0 Å². The zero-order valence-corrected chi connectivity index (χ0v) is 12.2. The number of hydrogen-bond acceptors (Lipinski definition) is 2. The Morgan fingerprint density at radius 2 is 1.91 bits per heavy atom. The monoisotopic (exact) mass is 316 g/mol. The molecule has 22 heavy (non-hydrogen) atoms. The van der Waals surface area contributed by atoms with Crippen molar-refractivity contribution in [1.82, 2.24) is 9.88 Å². The molecule has 4 nitrogen and oxygen atoms in total. The highest BCUT2D eigenvalue weighted by molar-refractivity contribution is 5.76. The molecule has 0 saturated heterocycles. The van der Waals surface area contributed by atoms with E-state index >= 15 is 0 Å². The molecule has 1 aromatic heterocycles. The summed E-state index contributed by atoms with van der Waals surface area (Å²) in [7, 11) is 0. The summed E-state index contributed by atoms with van der Waals surface area (Å²) in [6, 6.07) is 1.78. The van der Waals surface area contributed by atoms with Crippen LogP contribution in [-0.2, 0) is 17.5 Å². The van der Waals surface area contributed by atoms with E-state index in [-0.39, 0.29) is 24.9 Å². The summed E-state index contributed by atoms with van der Waals surface area (Å²) in [6.07, 6.45) is 1.47. The minimum absolute atomic E-state index is 0.00226. The number of rotatable bonds is 4. The van der Waals surface area contributed by atoms with Crippen LogP contribution < -0.4 is 10.9 Å². The van der Waals surface area contributed by atoms with Crippen molar-refractivity contribution >= 4 is 5.91 Å². The van der Waals surface area contributed by atoms with Gasteiger partial charge < -0.3 is 9.88 Å². The van der Waals surface area contributed by atoms with E-state index < -0.39 is 17.3 Å². The van der Waals surface area contributed by atoms with Crippen LogP contribution in [0.3, 0.4) is 0 Å². The number of carbonyl (C=O) groups is 1. The van der Waals surface area contributed by atoms with Crippen molar-refractivity contribution in [3.8, 4) is 0 Å². The fourth-order valence-electron chi connectivity index (χ4n) is 2.64. The smallest absolute Gasteiger partial charge is 0.353 e. The average Bonchev–Trinajstić information content (AvgIpc) is 2.46. The second kappa shape index (κ2) is 6.98. The van der Waals surface area contributed by atoms with Crippen molar-refractivity contribution < 1.29 is 18.0 Å². The first-order chi connectivity index (χ1) is 10.4. The normalized spacial score (nSPS) is 16.5. The fourth-order valence-corrected chi connectivity index (χ4v) is 2.64. The van der Waals surface area contributed by atoms with Gasteiger partial charge in [0.05, 0.1) is 5.56 Å². The molecule has 1 N–H and O–H groups in total. The number of hydrogen-bond donors (Lipinski definition) is 1. The predicted octanol–water partition coefficient (Wildman–Crippen LogP) is 2.71. The number of aryl methyl sites for hydroxylation is 1. The Kier molecular flexibility index (Phi) is 5.26. The van der Waals surface area contributed by atoms with Gasteiger partial charge in [-0.3, -0.25) is 9.59 Å². The lowest BCUT2D eigenvalue weighted by molar-refractivity contribution is -0.138. The molecule has 1 aromatic rings. The van der Waals surface area contributed by atoms with Crippen LogP contribution in [-0.4, -0.2) is 16.5 Å². The van der Waals surface area contributed by atoms with Crippen molar-refractivity contribution in [3.63, 3.8) is 0 Å². The Labute approximate surface area is 126 Å². The van der Waals surface area contributed by atoms with Crippen LogP contribution in [0, 0.1) is 0 Å². The molecule has 0 aliphatic heterocycles. The topological polar surface area (TPSA) is 51.1 Å². The minimum Gasteiger partial charge on any atom is -0.353 e. The SMILES string of the molecule is O=C(CCn1cc(C(F)(F)F)ccc1=O)NC1CCCCC1. The van der Waals surface area contributed by atoms with Crippen molar-refractivity contribution in [2.75, 3.05) is 0 Å². The van der Waals surface area contributed by atoms with Gasteiger partial charge in [-0.15, -0.1) is 0 Å². The van der Waals surface area contributed by atoms with Crippen LogP contribution in [0.15, 0.2) is 23.1 Å². The van der Waals surface area contributed by atoms with Crippen LogP contribution in [0.4, 0.5) is 13.2 Å². The molecule has 1 amide bonds. The third-order valence-corrected chi connectivity index (χ3v) is 3.86. The molecule has 1 saturated carbocycles. The van der Waals surface area contributed by atoms with Gasteiger partial charge in [-0.05, 0) is 18.9 Å². The summed E-state index contributed by atoms with van der Waals surface area (Å²) in [5.41, 5.74) is -1.43. The largest absolute Gasteiger partial charge is 0.417 e. The second-order valence-electron chi connectivity index (χ2n) is 5.60. The van der Waals surface area contributed by atoms with E-state index in [1.165, 1.54) is 6.42 Å².